The summed E-state index contributed by atoms with van der Waals surface area (Å²) in [4.78, 5) is 38.0. The molecule has 2 aromatic heterocycles. The lowest BCUT2D eigenvalue weighted by molar-refractivity contribution is -0.123. The Kier molecular flexibility index (Phi) is 5.14. The molecule has 1 fully saturated rings. The minimum atomic E-state index is -0.624. The number of amides is 3. The van der Waals surface area contributed by atoms with Crippen molar-refractivity contribution < 1.29 is 23.5 Å². The van der Waals surface area contributed by atoms with Crippen LogP contribution in [0.5, 0.6) is 0 Å². The molecule has 31 heavy (non-hydrogen) atoms. The molecule has 3 heterocycles. The first-order valence-electron chi connectivity index (χ1n) is 9.93. The van der Waals surface area contributed by atoms with Crippen LogP contribution in [0.1, 0.15) is 47.5 Å². The second-order valence-corrected chi connectivity index (χ2v) is 7.62. The summed E-state index contributed by atoms with van der Waals surface area (Å²) >= 11 is 0. The average Bonchev–Trinajstić information content (AvgIpc) is 3.40. The maximum atomic E-state index is 12.9. The van der Waals surface area contributed by atoms with Gasteiger partial charge in [0.1, 0.15) is 11.5 Å². The van der Waals surface area contributed by atoms with Gasteiger partial charge in [-0.2, -0.15) is 0 Å². The molecule has 1 N–H and O–H groups in total. The highest BCUT2D eigenvalue weighted by Crippen LogP contribution is 2.31. The number of aromatic nitrogens is 1. The lowest BCUT2D eigenvalue weighted by Crippen LogP contribution is -2.30. The van der Waals surface area contributed by atoms with Crippen molar-refractivity contribution in [1.29, 1.82) is 0 Å². The van der Waals surface area contributed by atoms with Crippen LogP contribution >= 0.6 is 0 Å². The van der Waals surface area contributed by atoms with Crippen LogP contribution in [0.15, 0.2) is 46.5 Å². The summed E-state index contributed by atoms with van der Waals surface area (Å²) in [5.74, 6) is -0.766. The van der Waals surface area contributed by atoms with Crippen LogP contribution in [0.4, 0.5) is 4.79 Å². The van der Waals surface area contributed by atoms with Gasteiger partial charge in [0, 0.05) is 28.2 Å². The molecule has 1 aromatic carbocycles. The van der Waals surface area contributed by atoms with Gasteiger partial charge < -0.3 is 19.0 Å². The standard InChI is InChI=1S/C23H23N3O5/c1-13(2)26-14(3)17(16-7-5-6-8-19(16)26)11-18-21(27)25(23(29)24-18)12-15-9-10-20(31-15)22(28)30-4/h5-11,13H,12H2,1-4H3,(H,24,29)/b18-11-. The molecule has 8 heteroatoms. The second kappa shape index (κ2) is 7.79. The molecule has 3 amide bonds. The largest absolute Gasteiger partial charge is 0.463 e. The number of fused-ring (bicyclic) bond motifs is 1. The van der Waals surface area contributed by atoms with Crippen LogP contribution in [0, 0.1) is 6.92 Å². The first-order valence-corrected chi connectivity index (χ1v) is 9.93. The Hall–Kier alpha value is -3.81. The highest BCUT2D eigenvalue weighted by Gasteiger charge is 2.35. The molecule has 1 saturated heterocycles. The maximum absolute atomic E-state index is 12.9. The van der Waals surface area contributed by atoms with Crippen LogP contribution in [0.25, 0.3) is 17.0 Å². The maximum Gasteiger partial charge on any atom is 0.373 e. The van der Waals surface area contributed by atoms with Crippen molar-refractivity contribution in [2.75, 3.05) is 7.11 Å². The van der Waals surface area contributed by atoms with Gasteiger partial charge in [0.05, 0.1) is 13.7 Å². The number of methoxy groups -OCH3 is 1. The molecular formula is C23H23N3O5. The molecule has 0 radical (unpaired) electrons. The third-order valence-electron chi connectivity index (χ3n) is 5.33. The van der Waals surface area contributed by atoms with Crippen molar-refractivity contribution in [3.05, 3.63) is 64.9 Å². The number of carbonyl (C=O) groups is 3. The summed E-state index contributed by atoms with van der Waals surface area (Å²) in [6.07, 6.45) is 1.72. The number of nitrogens with one attached hydrogen (secondary N) is 1. The Morgan fingerprint density at radius 3 is 2.65 bits per heavy atom. The van der Waals surface area contributed by atoms with Gasteiger partial charge in [0.15, 0.2) is 0 Å². The number of urea groups is 1. The van der Waals surface area contributed by atoms with E-state index in [4.69, 9.17) is 4.42 Å². The number of hydrogen-bond acceptors (Lipinski definition) is 5. The van der Waals surface area contributed by atoms with Gasteiger partial charge in [-0.1, -0.05) is 18.2 Å². The third-order valence-corrected chi connectivity index (χ3v) is 5.33. The zero-order chi connectivity index (χ0) is 22.3. The summed E-state index contributed by atoms with van der Waals surface area (Å²) in [5, 5.41) is 3.66. The summed E-state index contributed by atoms with van der Waals surface area (Å²) < 4.78 is 12.2. The molecule has 0 aliphatic carbocycles. The Labute approximate surface area is 179 Å². The lowest BCUT2D eigenvalue weighted by Gasteiger charge is -2.12. The van der Waals surface area contributed by atoms with Crippen molar-refractivity contribution in [2.45, 2.75) is 33.4 Å². The van der Waals surface area contributed by atoms with Gasteiger partial charge in [-0.05, 0) is 45.0 Å². The van der Waals surface area contributed by atoms with E-state index in [1.807, 2.05) is 31.2 Å². The number of ether oxygens (including phenoxy) is 1. The quantitative estimate of drug-likeness (QED) is 0.382. The molecule has 8 nitrogen and oxygen atoms in total. The second-order valence-electron chi connectivity index (χ2n) is 7.62. The van der Waals surface area contributed by atoms with Gasteiger partial charge in [-0.25, -0.2) is 9.59 Å². The predicted molar refractivity (Wildman–Crippen MR) is 114 cm³/mol. The number of esters is 1. The van der Waals surface area contributed by atoms with E-state index in [9.17, 15) is 14.4 Å². The number of benzene rings is 1. The van der Waals surface area contributed by atoms with E-state index >= 15 is 0 Å². The molecular weight excluding hydrogens is 398 g/mol. The molecule has 160 valence electrons. The first kappa shape index (κ1) is 20.5. The van der Waals surface area contributed by atoms with Crippen LogP contribution < -0.4 is 5.32 Å². The van der Waals surface area contributed by atoms with Crippen LogP contribution in [-0.2, 0) is 16.1 Å². The fraction of sp³-hybridized carbons (Fsp3) is 0.261. The van der Waals surface area contributed by atoms with Gasteiger partial charge in [0.2, 0.25) is 5.76 Å². The molecule has 3 aromatic rings. The Morgan fingerprint density at radius 2 is 1.94 bits per heavy atom. The van der Waals surface area contributed by atoms with Crippen molar-refractivity contribution in [2.24, 2.45) is 0 Å². The summed E-state index contributed by atoms with van der Waals surface area (Å²) in [6.45, 7) is 6.12. The minimum absolute atomic E-state index is 0.0115. The summed E-state index contributed by atoms with van der Waals surface area (Å²) in [6, 6.07) is 10.7. The third kappa shape index (κ3) is 3.50. The van der Waals surface area contributed by atoms with E-state index in [1.165, 1.54) is 19.2 Å². The van der Waals surface area contributed by atoms with Crippen molar-refractivity contribution >= 4 is 34.9 Å². The van der Waals surface area contributed by atoms with Crippen LogP contribution in [0.3, 0.4) is 0 Å². The number of imide groups is 1. The molecule has 4 rings (SSSR count). The topological polar surface area (TPSA) is 93.8 Å². The average molecular weight is 421 g/mol. The molecule has 0 saturated carbocycles. The molecule has 0 unspecified atom stereocenters. The fourth-order valence-corrected chi connectivity index (χ4v) is 3.95. The number of furan rings is 1. The molecule has 0 spiro atoms. The van der Waals surface area contributed by atoms with Gasteiger partial charge in [-0.15, -0.1) is 0 Å². The first-order chi connectivity index (χ1) is 14.8. The molecule has 1 aliphatic rings. The van der Waals surface area contributed by atoms with Gasteiger partial charge >= 0.3 is 12.0 Å². The highest BCUT2D eigenvalue weighted by atomic mass is 16.5. The zero-order valence-electron chi connectivity index (χ0n) is 17.8. The Morgan fingerprint density at radius 1 is 1.19 bits per heavy atom. The SMILES string of the molecule is COC(=O)c1ccc(CN2C(=O)N/C(=C\c3c(C)n(C(C)C)c4ccccc34)C2=O)o1. The van der Waals surface area contributed by atoms with Crippen LogP contribution in [-0.4, -0.2) is 34.5 Å². The number of hydrogen-bond donors (Lipinski definition) is 1. The number of carbonyl (C=O) groups excluding carboxylic acids is 3. The van der Waals surface area contributed by atoms with E-state index in [0.717, 1.165) is 27.1 Å². The van der Waals surface area contributed by atoms with Crippen molar-refractivity contribution in [1.82, 2.24) is 14.8 Å². The normalized spacial score (nSPS) is 15.4. The minimum Gasteiger partial charge on any atom is -0.463 e. The number of nitrogens with zero attached hydrogens (tertiary/aromatic N) is 2. The number of rotatable bonds is 5. The summed E-state index contributed by atoms with van der Waals surface area (Å²) in [5.41, 5.74) is 3.17. The van der Waals surface area contributed by atoms with Crippen molar-refractivity contribution in [3.63, 3.8) is 0 Å². The van der Waals surface area contributed by atoms with E-state index in [0.29, 0.717) is 5.76 Å². The Bertz CT molecular complexity index is 1230. The molecule has 0 bridgehead atoms. The fourth-order valence-electron chi connectivity index (χ4n) is 3.95. The van der Waals surface area contributed by atoms with E-state index in [1.54, 1.807) is 6.08 Å². The van der Waals surface area contributed by atoms with Crippen LogP contribution in [0.2, 0.25) is 0 Å². The monoisotopic (exact) mass is 421 g/mol. The lowest BCUT2D eigenvalue weighted by atomic mass is 10.1. The Balaban J connectivity index is 1.66. The molecule has 0 atom stereocenters. The predicted octanol–water partition coefficient (Wildman–Crippen LogP) is 4.00. The van der Waals surface area contributed by atoms with Crippen molar-refractivity contribution in [3.8, 4) is 0 Å². The summed E-state index contributed by atoms with van der Waals surface area (Å²) in [7, 11) is 1.25. The van der Waals surface area contributed by atoms with E-state index < -0.39 is 17.9 Å². The highest BCUT2D eigenvalue weighted by molar-refractivity contribution is 6.14. The molecule has 1 aliphatic heterocycles. The van der Waals surface area contributed by atoms with Gasteiger partial charge in [-0.3, -0.25) is 9.69 Å². The number of para-hydroxylation sites is 1. The van der Waals surface area contributed by atoms with E-state index in [-0.39, 0.29) is 24.0 Å². The van der Waals surface area contributed by atoms with Gasteiger partial charge in [0.25, 0.3) is 5.91 Å². The smallest absolute Gasteiger partial charge is 0.373 e. The van der Waals surface area contributed by atoms with E-state index in [2.05, 4.69) is 28.5 Å². The zero-order valence-corrected chi connectivity index (χ0v) is 17.8.